The van der Waals surface area contributed by atoms with E-state index in [1.54, 1.807) is 6.20 Å². The van der Waals surface area contributed by atoms with Crippen molar-refractivity contribution in [2.75, 3.05) is 0 Å². The van der Waals surface area contributed by atoms with Gasteiger partial charge in [-0.1, -0.05) is 6.07 Å². The topological polar surface area (TPSA) is 52.0 Å². The van der Waals surface area contributed by atoms with Gasteiger partial charge < -0.3 is 0 Å². The maximum absolute atomic E-state index is 12.4. The highest BCUT2D eigenvalue weighted by atomic mass is 16.2. The second-order valence-corrected chi connectivity index (χ2v) is 5.22. The normalized spacial score (nSPS) is 10.6. The number of ketones is 1. The summed E-state index contributed by atoms with van der Waals surface area (Å²) in [5, 5.41) is 0. The average Bonchev–Trinajstić information content (AvgIpc) is 2.38. The van der Waals surface area contributed by atoms with Gasteiger partial charge in [0.05, 0.1) is 6.54 Å². The lowest BCUT2D eigenvalue weighted by molar-refractivity contribution is 0.0969. The first-order valence-corrected chi connectivity index (χ1v) is 6.52. The van der Waals surface area contributed by atoms with Crippen LogP contribution in [0.1, 0.15) is 32.6 Å². The first-order chi connectivity index (χ1) is 9.38. The predicted octanol–water partition coefficient (Wildman–Crippen LogP) is 2.36. The van der Waals surface area contributed by atoms with Gasteiger partial charge in [0.1, 0.15) is 0 Å². The van der Waals surface area contributed by atoms with Gasteiger partial charge in [0.25, 0.3) is 0 Å². The first kappa shape index (κ1) is 14.2. The number of hydrogen-bond acceptors (Lipinski definition) is 3. The van der Waals surface area contributed by atoms with Gasteiger partial charge in [-0.2, -0.15) is 0 Å². The lowest BCUT2D eigenvalue weighted by Gasteiger charge is -2.10. The second kappa shape index (κ2) is 5.41. The van der Waals surface area contributed by atoms with Gasteiger partial charge in [-0.25, -0.2) is 9.78 Å². The molecule has 0 fully saturated rings. The van der Waals surface area contributed by atoms with Crippen molar-refractivity contribution < 1.29 is 4.79 Å². The Morgan fingerprint density at radius 1 is 1.10 bits per heavy atom. The zero-order chi connectivity index (χ0) is 14.9. The van der Waals surface area contributed by atoms with Crippen LogP contribution in [0.15, 0.2) is 29.3 Å². The van der Waals surface area contributed by atoms with Gasteiger partial charge in [-0.05, 0) is 56.0 Å². The molecule has 1 heterocycles. The Balaban J connectivity index is 2.35. The molecule has 104 valence electrons. The molecule has 2 rings (SSSR count). The highest BCUT2D eigenvalue weighted by Gasteiger charge is 2.12. The smallest absolute Gasteiger partial charge is 0.292 e. The quantitative estimate of drug-likeness (QED) is 0.804. The second-order valence-electron chi connectivity index (χ2n) is 5.22. The molecule has 4 heteroatoms. The molecule has 0 aliphatic heterocycles. The summed E-state index contributed by atoms with van der Waals surface area (Å²) < 4.78 is 1.35. The predicted molar refractivity (Wildman–Crippen MR) is 78.2 cm³/mol. The lowest BCUT2D eigenvalue weighted by Crippen LogP contribution is -2.26. The number of Topliss-reactive ketones (excluding diaryl/α,β-unsaturated/α-hetero) is 1. The number of benzene rings is 1. The minimum atomic E-state index is -0.398. The van der Waals surface area contributed by atoms with Crippen molar-refractivity contribution >= 4 is 5.78 Å². The van der Waals surface area contributed by atoms with Crippen LogP contribution in [0.4, 0.5) is 0 Å². The summed E-state index contributed by atoms with van der Waals surface area (Å²) >= 11 is 0. The molecular formula is C16H18N2O2. The van der Waals surface area contributed by atoms with E-state index in [9.17, 15) is 9.59 Å². The summed E-state index contributed by atoms with van der Waals surface area (Å²) in [5.74, 6) is -0.0694. The molecule has 0 amide bonds. The minimum Gasteiger partial charge on any atom is -0.292 e. The fraction of sp³-hybridized carbons (Fsp3) is 0.312. The molecule has 0 unspecified atom stereocenters. The van der Waals surface area contributed by atoms with Crippen LogP contribution in [0.2, 0.25) is 0 Å². The highest BCUT2D eigenvalue weighted by molar-refractivity contribution is 5.97. The third-order valence-corrected chi connectivity index (χ3v) is 3.44. The number of carbonyl (C=O) groups excluding carboxylic acids is 1. The van der Waals surface area contributed by atoms with E-state index in [0.717, 1.165) is 22.3 Å². The van der Waals surface area contributed by atoms with E-state index >= 15 is 0 Å². The van der Waals surface area contributed by atoms with Crippen LogP contribution in [-0.2, 0) is 6.54 Å². The van der Waals surface area contributed by atoms with E-state index in [2.05, 4.69) is 4.98 Å². The molecule has 0 saturated carbocycles. The van der Waals surface area contributed by atoms with E-state index in [1.807, 2.05) is 39.8 Å². The molecule has 20 heavy (non-hydrogen) atoms. The van der Waals surface area contributed by atoms with Crippen molar-refractivity contribution in [3.8, 4) is 0 Å². The molecule has 0 spiro atoms. The molecule has 0 radical (unpaired) electrons. The van der Waals surface area contributed by atoms with Crippen LogP contribution in [0.5, 0.6) is 0 Å². The molecule has 0 saturated heterocycles. The maximum Gasteiger partial charge on any atom is 0.347 e. The Bertz CT molecular complexity index is 730. The van der Waals surface area contributed by atoms with Gasteiger partial charge in [-0.3, -0.25) is 9.36 Å². The number of nitrogens with zero attached hydrogens (tertiary/aromatic N) is 2. The summed E-state index contributed by atoms with van der Waals surface area (Å²) in [4.78, 5) is 27.8. The summed E-state index contributed by atoms with van der Waals surface area (Å²) in [6.45, 7) is 7.78. The Kier molecular flexibility index (Phi) is 3.84. The van der Waals surface area contributed by atoms with Crippen molar-refractivity contribution in [1.29, 1.82) is 0 Å². The molecular weight excluding hydrogens is 252 g/mol. The summed E-state index contributed by atoms with van der Waals surface area (Å²) in [5.41, 5.74) is 4.30. The van der Waals surface area contributed by atoms with E-state index in [1.165, 1.54) is 10.8 Å². The molecule has 0 bridgehead atoms. The van der Waals surface area contributed by atoms with Crippen molar-refractivity contribution in [2.24, 2.45) is 0 Å². The zero-order valence-electron chi connectivity index (χ0n) is 12.2. The Morgan fingerprint density at radius 3 is 2.45 bits per heavy atom. The van der Waals surface area contributed by atoms with Gasteiger partial charge in [0.2, 0.25) is 0 Å². The summed E-state index contributed by atoms with van der Waals surface area (Å²) in [6, 6.07) is 3.89. The van der Waals surface area contributed by atoms with Crippen LogP contribution in [0.3, 0.4) is 0 Å². The largest absolute Gasteiger partial charge is 0.347 e. The summed E-state index contributed by atoms with van der Waals surface area (Å²) in [6.07, 6.45) is 3.16. The molecule has 4 nitrogen and oxygen atoms in total. The highest BCUT2D eigenvalue weighted by Crippen LogP contribution is 2.16. The van der Waals surface area contributed by atoms with Crippen LogP contribution in [0, 0.1) is 27.7 Å². The number of aromatic nitrogens is 2. The van der Waals surface area contributed by atoms with E-state index in [-0.39, 0.29) is 12.3 Å². The number of aryl methyl sites for hydroxylation is 4. The third kappa shape index (κ3) is 2.85. The van der Waals surface area contributed by atoms with Gasteiger partial charge in [0, 0.05) is 18.0 Å². The maximum atomic E-state index is 12.4. The Labute approximate surface area is 118 Å². The number of carbonyl (C=O) groups is 1. The van der Waals surface area contributed by atoms with E-state index < -0.39 is 5.69 Å². The number of hydrogen-bond donors (Lipinski definition) is 0. The van der Waals surface area contributed by atoms with Crippen LogP contribution in [0.25, 0.3) is 0 Å². The summed E-state index contributed by atoms with van der Waals surface area (Å²) in [7, 11) is 0. The van der Waals surface area contributed by atoms with Crippen LogP contribution >= 0.6 is 0 Å². The number of rotatable bonds is 3. The Hall–Kier alpha value is -2.23. The van der Waals surface area contributed by atoms with Crippen molar-refractivity contribution in [3.05, 3.63) is 62.8 Å². The molecule has 0 aliphatic carbocycles. The van der Waals surface area contributed by atoms with E-state index in [4.69, 9.17) is 0 Å². The molecule has 0 N–H and O–H groups in total. The zero-order valence-corrected chi connectivity index (χ0v) is 12.2. The molecule has 0 atom stereocenters. The molecule has 1 aromatic carbocycles. The SMILES string of the molecule is Cc1cnc(=O)n(CC(=O)c2cc(C)c(C)cc2C)c1. The lowest BCUT2D eigenvalue weighted by atomic mass is 9.98. The Morgan fingerprint density at radius 2 is 1.75 bits per heavy atom. The van der Waals surface area contributed by atoms with Gasteiger partial charge >= 0.3 is 5.69 Å². The molecule has 0 aliphatic rings. The van der Waals surface area contributed by atoms with Crippen LogP contribution in [-0.4, -0.2) is 15.3 Å². The van der Waals surface area contributed by atoms with Gasteiger partial charge in [-0.15, -0.1) is 0 Å². The molecule has 2 aromatic rings. The molecule has 1 aromatic heterocycles. The van der Waals surface area contributed by atoms with Crippen molar-refractivity contribution in [1.82, 2.24) is 9.55 Å². The fourth-order valence-corrected chi connectivity index (χ4v) is 2.18. The monoisotopic (exact) mass is 270 g/mol. The van der Waals surface area contributed by atoms with Gasteiger partial charge in [0.15, 0.2) is 5.78 Å². The van der Waals surface area contributed by atoms with Crippen molar-refractivity contribution in [3.63, 3.8) is 0 Å². The third-order valence-electron chi connectivity index (χ3n) is 3.44. The standard InChI is InChI=1S/C16H18N2O2/c1-10-7-17-16(20)18(8-10)9-15(19)14-6-12(3)11(2)5-13(14)4/h5-8H,9H2,1-4H3. The van der Waals surface area contributed by atoms with Crippen LogP contribution < -0.4 is 5.69 Å². The van der Waals surface area contributed by atoms with E-state index in [0.29, 0.717) is 5.56 Å². The minimum absolute atomic E-state index is 0.0247. The average molecular weight is 270 g/mol. The first-order valence-electron chi connectivity index (χ1n) is 6.52. The fourth-order valence-electron chi connectivity index (χ4n) is 2.18. The van der Waals surface area contributed by atoms with Crippen molar-refractivity contribution in [2.45, 2.75) is 34.2 Å².